The van der Waals surface area contributed by atoms with Crippen molar-refractivity contribution in [3.8, 4) is 0 Å². The number of carboxylic acids is 1. The topological polar surface area (TPSA) is 171 Å². The summed E-state index contributed by atoms with van der Waals surface area (Å²) in [5, 5.41) is 13.1. The monoisotopic (exact) mass is 480 g/mol. The van der Waals surface area contributed by atoms with Crippen LogP contribution in [0.2, 0.25) is 0 Å². The van der Waals surface area contributed by atoms with E-state index >= 15 is 0 Å². The number of ketones is 1. The van der Waals surface area contributed by atoms with Crippen molar-refractivity contribution < 1.29 is 24.3 Å². The molecular formula is C21H32N6O5S. The first-order chi connectivity index (χ1) is 15.4. The van der Waals surface area contributed by atoms with E-state index in [0.29, 0.717) is 17.9 Å². The standard InChI is InChI=1S/C21H32N6O5S/c1-9(5-11(28)7-25-21(22)23)14-15-10(2)17(16(20(31)32)27(15)19(14)30)33-12-6-13(24-8-12)18(29)26(3)4/h9-10,12-15,24H,5-8H2,1-4H3,(H,31,32)(H4,22,23,25)/t9-,10+,12-,13-,14+,15+/m0/s1. The van der Waals surface area contributed by atoms with Crippen LogP contribution in [-0.4, -0.2) is 89.0 Å². The number of hydrogen-bond donors (Lipinski definition) is 4. The molecule has 6 atom stereocenters. The molecule has 0 spiro atoms. The number of aliphatic carboxylic acids is 1. The first kappa shape index (κ1) is 25.0. The van der Waals surface area contributed by atoms with Gasteiger partial charge in [0.1, 0.15) is 12.2 Å². The van der Waals surface area contributed by atoms with Gasteiger partial charge in [-0.15, -0.1) is 11.8 Å². The van der Waals surface area contributed by atoms with Gasteiger partial charge in [-0.2, -0.15) is 0 Å². The average Bonchev–Trinajstić information content (AvgIpc) is 3.28. The average molecular weight is 481 g/mol. The van der Waals surface area contributed by atoms with Crippen LogP contribution in [0.5, 0.6) is 0 Å². The highest BCUT2D eigenvalue weighted by Gasteiger charge is 2.60. The number of guanidine groups is 1. The number of carbonyl (C=O) groups excluding carboxylic acids is 3. The van der Waals surface area contributed by atoms with Crippen LogP contribution in [0.1, 0.15) is 26.7 Å². The second-order valence-corrected chi connectivity index (χ2v) is 10.5. The zero-order valence-electron chi connectivity index (χ0n) is 19.3. The molecule has 0 bridgehead atoms. The Kier molecular flexibility index (Phi) is 7.37. The number of aliphatic imine (C=N–C) groups is 1. The molecule has 2 saturated heterocycles. The summed E-state index contributed by atoms with van der Waals surface area (Å²) in [7, 11) is 3.41. The number of nitrogens with zero attached hydrogens (tertiary/aromatic N) is 3. The lowest BCUT2D eigenvalue weighted by Gasteiger charge is -2.47. The third kappa shape index (κ3) is 4.86. The van der Waals surface area contributed by atoms with Gasteiger partial charge in [0, 0.05) is 43.1 Å². The summed E-state index contributed by atoms with van der Waals surface area (Å²) in [5.41, 5.74) is 10.6. The van der Waals surface area contributed by atoms with Crippen LogP contribution in [-0.2, 0) is 19.2 Å². The lowest BCUT2D eigenvalue weighted by Crippen LogP contribution is -2.62. The fourth-order valence-electron chi connectivity index (χ4n) is 4.97. The van der Waals surface area contributed by atoms with Gasteiger partial charge in [-0.1, -0.05) is 13.8 Å². The molecule has 11 nitrogen and oxygen atoms in total. The number of fused-ring (bicyclic) bond motifs is 1. The predicted molar refractivity (Wildman–Crippen MR) is 124 cm³/mol. The number of carboxylic acid groups (broad SMARTS) is 1. The highest BCUT2D eigenvalue weighted by molar-refractivity contribution is 8.03. The molecule has 12 heteroatoms. The third-order valence-corrected chi connectivity index (χ3v) is 8.03. The molecule has 0 unspecified atom stereocenters. The lowest BCUT2D eigenvalue weighted by molar-refractivity contribution is -0.160. The molecule has 3 rings (SSSR count). The molecule has 0 aromatic heterocycles. The molecular weight excluding hydrogens is 448 g/mol. The van der Waals surface area contributed by atoms with Crippen molar-refractivity contribution in [3.05, 3.63) is 10.6 Å². The third-order valence-electron chi connectivity index (χ3n) is 6.52. The Balaban J connectivity index is 1.71. The molecule has 182 valence electrons. The number of β-lactam (4-membered cyclic amide) rings is 1. The molecule has 33 heavy (non-hydrogen) atoms. The van der Waals surface area contributed by atoms with Gasteiger partial charge in [0.05, 0.1) is 18.0 Å². The SMILES string of the molecule is C[C@@H](CC(=O)CN=C(N)N)[C@H]1C(=O)N2C(C(=O)O)=C(S[C@@H]3CN[C@H](C(=O)N(C)C)C3)[C@H](C)[C@H]12. The van der Waals surface area contributed by atoms with Crippen LogP contribution in [0, 0.1) is 17.8 Å². The van der Waals surface area contributed by atoms with Crippen molar-refractivity contribution in [2.45, 2.75) is 44.0 Å². The van der Waals surface area contributed by atoms with Crippen LogP contribution in [0.4, 0.5) is 0 Å². The second kappa shape index (κ2) is 9.72. The van der Waals surface area contributed by atoms with E-state index in [0.717, 1.165) is 0 Å². The molecule has 0 radical (unpaired) electrons. The number of hydrogen-bond acceptors (Lipinski definition) is 7. The summed E-state index contributed by atoms with van der Waals surface area (Å²) in [5.74, 6) is -2.65. The zero-order chi connectivity index (χ0) is 24.6. The maximum atomic E-state index is 13.0. The summed E-state index contributed by atoms with van der Waals surface area (Å²) in [6, 6.07) is -0.601. The van der Waals surface area contributed by atoms with E-state index in [1.165, 1.54) is 21.6 Å². The minimum Gasteiger partial charge on any atom is -0.477 e. The number of rotatable bonds is 9. The molecule has 3 aliphatic rings. The summed E-state index contributed by atoms with van der Waals surface area (Å²) in [6.07, 6.45) is 0.721. The van der Waals surface area contributed by atoms with Gasteiger partial charge < -0.3 is 31.7 Å². The number of amides is 2. The van der Waals surface area contributed by atoms with E-state index in [1.807, 2.05) is 13.8 Å². The van der Waals surface area contributed by atoms with Gasteiger partial charge in [0.15, 0.2) is 11.7 Å². The minimum absolute atomic E-state index is 0.0108. The summed E-state index contributed by atoms with van der Waals surface area (Å²) in [6.45, 7) is 4.19. The van der Waals surface area contributed by atoms with Crippen molar-refractivity contribution in [1.29, 1.82) is 0 Å². The quantitative estimate of drug-likeness (QED) is 0.187. The number of likely N-dealkylation sites (N-methyl/N-ethyl adjacent to an activating group) is 1. The molecule has 0 aromatic rings. The molecule has 0 aromatic carbocycles. The van der Waals surface area contributed by atoms with E-state index in [9.17, 15) is 24.3 Å². The second-order valence-electron chi connectivity index (χ2n) is 9.16. The number of nitrogens with one attached hydrogen (secondary N) is 1. The van der Waals surface area contributed by atoms with Gasteiger partial charge >= 0.3 is 5.97 Å². The van der Waals surface area contributed by atoms with Gasteiger partial charge in [-0.25, -0.2) is 9.79 Å². The zero-order valence-corrected chi connectivity index (χ0v) is 20.1. The minimum atomic E-state index is -1.14. The van der Waals surface area contributed by atoms with Crippen molar-refractivity contribution >= 4 is 41.3 Å². The van der Waals surface area contributed by atoms with Gasteiger partial charge in [-0.05, 0) is 12.3 Å². The number of Topliss-reactive ketones (excluding diaryl/α,β-unsaturated/α-hetero) is 1. The van der Waals surface area contributed by atoms with Crippen LogP contribution < -0.4 is 16.8 Å². The normalized spacial score (nSPS) is 29.4. The van der Waals surface area contributed by atoms with Crippen molar-refractivity contribution in [1.82, 2.24) is 15.1 Å². The Morgan fingerprint density at radius 2 is 2.00 bits per heavy atom. The fraction of sp³-hybridized carbons (Fsp3) is 0.667. The van der Waals surface area contributed by atoms with Crippen LogP contribution in [0.25, 0.3) is 0 Å². The van der Waals surface area contributed by atoms with E-state index in [4.69, 9.17) is 11.5 Å². The van der Waals surface area contributed by atoms with Crippen molar-refractivity contribution in [2.75, 3.05) is 27.2 Å². The summed E-state index contributed by atoms with van der Waals surface area (Å²) in [4.78, 5) is 56.8. The van der Waals surface area contributed by atoms with Crippen LogP contribution in [0.3, 0.4) is 0 Å². The van der Waals surface area contributed by atoms with Crippen LogP contribution in [0.15, 0.2) is 15.6 Å². The van der Waals surface area contributed by atoms with E-state index in [1.54, 1.807) is 14.1 Å². The van der Waals surface area contributed by atoms with Crippen molar-refractivity contribution in [2.24, 2.45) is 34.2 Å². The van der Waals surface area contributed by atoms with Gasteiger partial charge in [0.25, 0.3) is 0 Å². The molecule has 0 aliphatic carbocycles. The van der Waals surface area contributed by atoms with Crippen molar-refractivity contribution in [3.63, 3.8) is 0 Å². The number of thioether (sulfide) groups is 1. The summed E-state index contributed by atoms with van der Waals surface area (Å²) < 4.78 is 0. The lowest BCUT2D eigenvalue weighted by atomic mass is 9.73. The van der Waals surface area contributed by atoms with Gasteiger partial charge in [-0.3, -0.25) is 14.4 Å². The van der Waals surface area contributed by atoms with Gasteiger partial charge in [0.2, 0.25) is 11.8 Å². The molecule has 2 fully saturated rings. The van der Waals surface area contributed by atoms with Crippen LogP contribution >= 0.6 is 11.8 Å². The summed E-state index contributed by atoms with van der Waals surface area (Å²) >= 11 is 1.44. The van der Waals surface area contributed by atoms with E-state index in [-0.39, 0.29) is 71.4 Å². The Hall–Kier alpha value is -2.60. The highest BCUT2D eigenvalue weighted by atomic mass is 32.2. The first-order valence-electron chi connectivity index (χ1n) is 10.9. The van der Waals surface area contributed by atoms with E-state index < -0.39 is 11.9 Å². The number of nitrogens with two attached hydrogens (primary N) is 2. The Labute approximate surface area is 197 Å². The number of carbonyl (C=O) groups is 4. The molecule has 0 saturated carbocycles. The predicted octanol–water partition coefficient (Wildman–Crippen LogP) is -0.820. The molecule has 3 heterocycles. The molecule has 3 aliphatic heterocycles. The highest BCUT2D eigenvalue weighted by Crippen LogP contribution is 2.53. The largest absolute Gasteiger partial charge is 0.477 e. The smallest absolute Gasteiger partial charge is 0.353 e. The Morgan fingerprint density at radius 1 is 1.33 bits per heavy atom. The Bertz CT molecular complexity index is 915. The molecule has 6 N–H and O–H groups in total. The Morgan fingerprint density at radius 3 is 2.58 bits per heavy atom. The maximum Gasteiger partial charge on any atom is 0.353 e. The van der Waals surface area contributed by atoms with E-state index in [2.05, 4.69) is 10.3 Å². The first-order valence-corrected chi connectivity index (χ1v) is 11.8. The maximum absolute atomic E-state index is 13.0. The fourth-order valence-corrected chi connectivity index (χ4v) is 6.45. The molecule has 2 amide bonds.